The maximum atomic E-state index is 13.5. The van der Waals surface area contributed by atoms with Crippen molar-refractivity contribution < 1.29 is 4.79 Å². The fraction of sp³-hybridized carbons (Fsp3) is 0.0833. The SMILES string of the molecule is CC(NC(=O)c1cn2ncccc2n1)c1cc2cccc(Cl)c2c(=O)n1-c1ccccc1. The number of aromatic nitrogens is 4. The van der Waals surface area contributed by atoms with Gasteiger partial charge in [-0.3, -0.25) is 14.2 Å². The lowest BCUT2D eigenvalue weighted by atomic mass is 10.1. The van der Waals surface area contributed by atoms with Crippen molar-refractivity contribution in [2.45, 2.75) is 13.0 Å². The van der Waals surface area contributed by atoms with Crippen molar-refractivity contribution in [3.05, 3.63) is 106 Å². The summed E-state index contributed by atoms with van der Waals surface area (Å²) in [6.07, 6.45) is 3.19. The predicted octanol–water partition coefficient (Wildman–Crippen LogP) is 4.18. The number of amides is 1. The van der Waals surface area contributed by atoms with E-state index in [4.69, 9.17) is 11.6 Å². The number of pyridine rings is 1. The topological polar surface area (TPSA) is 81.3 Å². The standard InChI is InChI=1S/C24H18ClN5O2/c1-15(27-23(31)19-14-29-21(28-19)11-6-12-26-29)20-13-16-7-5-10-18(25)22(16)24(32)30(20)17-8-3-2-4-9-17/h2-15H,1H3,(H,27,31). The molecule has 1 unspecified atom stereocenters. The molecule has 1 N–H and O–H groups in total. The van der Waals surface area contributed by atoms with Crippen LogP contribution in [0.25, 0.3) is 22.1 Å². The summed E-state index contributed by atoms with van der Waals surface area (Å²) in [6, 6.07) is 19.5. The van der Waals surface area contributed by atoms with Crippen molar-refractivity contribution in [2.24, 2.45) is 0 Å². The first-order valence-electron chi connectivity index (χ1n) is 10.0. The third kappa shape index (κ3) is 3.42. The molecule has 0 fully saturated rings. The fourth-order valence-electron chi connectivity index (χ4n) is 3.79. The third-order valence-corrected chi connectivity index (χ3v) is 5.61. The average Bonchev–Trinajstić information content (AvgIpc) is 3.24. The molecule has 5 aromatic rings. The maximum Gasteiger partial charge on any atom is 0.272 e. The first-order chi connectivity index (χ1) is 15.5. The van der Waals surface area contributed by atoms with E-state index >= 15 is 0 Å². The van der Waals surface area contributed by atoms with Gasteiger partial charge >= 0.3 is 0 Å². The number of hydrogen-bond acceptors (Lipinski definition) is 4. The first-order valence-corrected chi connectivity index (χ1v) is 10.4. The van der Waals surface area contributed by atoms with Gasteiger partial charge < -0.3 is 5.32 Å². The summed E-state index contributed by atoms with van der Waals surface area (Å²) in [5.41, 5.74) is 1.89. The highest BCUT2D eigenvalue weighted by Gasteiger charge is 2.20. The number of fused-ring (bicyclic) bond motifs is 2. The molecule has 0 radical (unpaired) electrons. The quantitative estimate of drug-likeness (QED) is 0.452. The molecule has 5 rings (SSSR count). The van der Waals surface area contributed by atoms with Gasteiger partial charge in [-0.2, -0.15) is 5.10 Å². The molecule has 3 heterocycles. The van der Waals surface area contributed by atoms with Crippen LogP contribution in [0.3, 0.4) is 0 Å². The lowest BCUT2D eigenvalue weighted by Gasteiger charge is -2.21. The zero-order valence-electron chi connectivity index (χ0n) is 17.1. The average molecular weight is 444 g/mol. The molecule has 8 heteroatoms. The van der Waals surface area contributed by atoms with Crippen LogP contribution in [0.5, 0.6) is 0 Å². The van der Waals surface area contributed by atoms with E-state index in [9.17, 15) is 9.59 Å². The lowest BCUT2D eigenvalue weighted by molar-refractivity contribution is 0.0934. The highest BCUT2D eigenvalue weighted by Crippen LogP contribution is 2.25. The van der Waals surface area contributed by atoms with Crippen molar-refractivity contribution >= 4 is 33.9 Å². The van der Waals surface area contributed by atoms with Crippen LogP contribution >= 0.6 is 11.6 Å². The minimum absolute atomic E-state index is 0.243. The zero-order valence-corrected chi connectivity index (χ0v) is 17.8. The molecular weight excluding hydrogens is 426 g/mol. The fourth-order valence-corrected chi connectivity index (χ4v) is 4.05. The number of imidazole rings is 1. The largest absolute Gasteiger partial charge is 0.343 e. The minimum atomic E-state index is -0.489. The van der Waals surface area contributed by atoms with E-state index in [0.29, 0.717) is 32.8 Å². The number of para-hydroxylation sites is 1. The van der Waals surface area contributed by atoms with Crippen LogP contribution in [-0.2, 0) is 0 Å². The molecule has 2 aromatic carbocycles. The van der Waals surface area contributed by atoms with Crippen molar-refractivity contribution in [3.8, 4) is 5.69 Å². The Bertz CT molecular complexity index is 1490. The Balaban J connectivity index is 1.60. The maximum absolute atomic E-state index is 13.5. The summed E-state index contributed by atoms with van der Waals surface area (Å²) in [5.74, 6) is -0.360. The van der Waals surface area contributed by atoms with E-state index in [1.807, 2.05) is 49.4 Å². The van der Waals surface area contributed by atoms with Crippen LogP contribution in [0.15, 0.2) is 83.9 Å². The van der Waals surface area contributed by atoms with Gasteiger partial charge in [-0.15, -0.1) is 0 Å². The zero-order chi connectivity index (χ0) is 22.2. The summed E-state index contributed by atoms with van der Waals surface area (Å²) >= 11 is 6.36. The monoisotopic (exact) mass is 443 g/mol. The Morgan fingerprint density at radius 3 is 2.66 bits per heavy atom. The summed E-state index contributed by atoms with van der Waals surface area (Å²) in [5, 5.41) is 8.63. The van der Waals surface area contributed by atoms with E-state index < -0.39 is 6.04 Å². The molecule has 0 aliphatic rings. The van der Waals surface area contributed by atoms with Crippen molar-refractivity contribution in [1.82, 2.24) is 24.5 Å². The number of carbonyl (C=O) groups excluding carboxylic acids is 1. The van der Waals surface area contributed by atoms with Crippen molar-refractivity contribution in [1.29, 1.82) is 0 Å². The summed E-state index contributed by atoms with van der Waals surface area (Å²) < 4.78 is 3.13. The third-order valence-electron chi connectivity index (χ3n) is 5.30. The number of hydrogen-bond donors (Lipinski definition) is 1. The molecule has 0 aliphatic heterocycles. The molecular formula is C24H18ClN5O2. The predicted molar refractivity (Wildman–Crippen MR) is 123 cm³/mol. The van der Waals surface area contributed by atoms with E-state index in [1.54, 1.807) is 41.2 Å². The van der Waals surface area contributed by atoms with Crippen LogP contribution in [0.1, 0.15) is 29.1 Å². The Labute approximate surface area is 187 Å². The molecule has 0 bridgehead atoms. The van der Waals surface area contributed by atoms with Gasteiger partial charge in [0.25, 0.3) is 11.5 Å². The van der Waals surface area contributed by atoms with Gasteiger partial charge in [0.1, 0.15) is 5.69 Å². The lowest BCUT2D eigenvalue weighted by Crippen LogP contribution is -2.32. The minimum Gasteiger partial charge on any atom is -0.343 e. The normalized spacial score (nSPS) is 12.2. The van der Waals surface area contributed by atoms with E-state index in [0.717, 1.165) is 0 Å². The molecule has 0 aliphatic carbocycles. The number of nitrogens with zero attached hydrogens (tertiary/aromatic N) is 4. The molecule has 0 saturated heterocycles. The highest BCUT2D eigenvalue weighted by molar-refractivity contribution is 6.35. The van der Waals surface area contributed by atoms with Gasteiger partial charge in [-0.25, -0.2) is 9.50 Å². The number of benzene rings is 2. The van der Waals surface area contributed by atoms with E-state index in [2.05, 4.69) is 15.4 Å². The Morgan fingerprint density at radius 2 is 1.88 bits per heavy atom. The summed E-state index contributed by atoms with van der Waals surface area (Å²) in [6.45, 7) is 1.83. The van der Waals surface area contributed by atoms with E-state index in [1.165, 1.54) is 4.52 Å². The molecule has 1 atom stereocenters. The number of carbonyl (C=O) groups is 1. The molecule has 3 aromatic heterocycles. The summed E-state index contributed by atoms with van der Waals surface area (Å²) in [4.78, 5) is 30.7. The van der Waals surface area contributed by atoms with Crippen molar-refractivity contribution in [3.63, 3.8) is 0 Å². The van der Waals surface area contributed by atoms with Gasteiger partial charge in [0.15, 0.2) is 5.65 Å². The van der Waals surface area contributed by atoms with Crippen LogP contribution in [0.2, 0.25) is 5.02 Å². The second kappa shape index (κ2) is 7.94. The molecule has 158 valence electrons. The second-order valence-electron chi connectivity index (χ2n) is 7.40. The van der Waals surface area contributed by atoms with Gasteiger partial charge in [0, 0.05) is 17.6 Å². The van der Waals surface area contributed by atoms with Gasteiger partial charge in [0.2, 0.25) is 0 Å². The number of halogens is 1. The van der Waals surface area contributed by atoms with Crippen LogP contribution in [0.4, 0.5) is 0 Å². The number of nitrogens with one attached hydrogen (secondary N) is 1. The van der Waals surface area contributed by atoms with Crippen LogP contribution in [-0.4, -0.2) is 25.1 Å². The van der Waals surface area contributed by atoms with Gasteiger partial charge in [-0.05, 0) is 48.7 Å². The Kier molecular flexibility index (Phi) is 4.95. The Morgan fingerprint density at radius 1 is 1.06 bits per heavy atom. The molecule has 1 amide bonds. The highest BCUT2D eigenvalue weighted by atomic mass is 35.5. The second-order valence-corrected chi connectivity index (χ2v) is 7.80. The van der Waals surface area contributed by atoms with Gasteiger partial charge in [-0.1, -0.05) is 41.9 Å². The Hall–Kier alpha value is -3.97. The smallest absolute Gasteiger partial charge is 0.272 e. The molecule has 7 nitrogen and oxygen atoms in total. The van der Waals surface area contributed by atoms with E-state index in [-0.39, 0.29) is 17.2 Å². The van der Waals surface area contributed by atoms with Gasteiger partial charge in [0.05, 0.1) is 22.6 Å². The summed E-state index contributed by atoms with van der Waals surface area (Å²) in [7, 11) is 0. The molecule has 0 spiro atoms. The number of rotatable bonds is 4. The first kappa shape index (κ1) is 20.0. The van der Waals surface area contributed by atoms with Crippen molar-refractivity contribution in [2.75, 3.05) is 0 Å². The van der Waals surface area contributed by atoms with Crippen LogP contribution < -0.4 is 10.9 Å². The molecule has 0 saturated carbocycles. The molecule has 32 heavy (non-hydrogen) atoms. The van der Waals surface area contributed by atoms with Crippen LogP contribution in [0, 0.1) is 0 Å².